The van der Waals surface area contributed by atoms with E-state index < -0.39 is 14.3 Å². The van der Waals surface area contributed by atoms with Gasteiger partial charge in [-0.2, -0.15) is 0 Å². The summed E-state index contributed by atoms with van der Waals surface area (Å²) < 4.78 is 31.1. The van der Waals surface area contributed by atoms with Crippen molar-refractivity contribution in [3.8, 4) is 16.9 Å². The summed E-state index contributed by atoms with van der Waals surface area (Å²) in [6.45, 7) is 20.3. The van der Waals surface area contributed by atoms with Crippen LogP contribution in [-0.4, -0.2) is 38.5 Å². The van der Waals surface area contributed by atoms with Gasteiger partial charge in [0.05, 0.1) is 0 Å². The Hall–Kier alpha value is -3.22. The van der Waals surface area contributed by atoms with Crippen LogP contribution in [0.1, 0.15) is 63.3 Å². The van der Waals surface area contributed by atoms with Crippen molar-refractivity contribution in [1.82, 2.24) is 0 Å². The number of hydrogen-bond donors (Lipinski definition) is 0. The lowest BCUT2D eigenvalue weighted by atomic mass is 9.93. The van der Waals surface area contributed by atoms with Crippen molar-refractivity contribution >= 4 is 14.3 Å². The molecule has 1 N–H and O–H groups in total. The summed E-state index contributed by atoms with van der Waals surface area (Å²) in [7, 11) is -1.60. The van der Waals surface area contributed by atoms with E-state index in [9.17, 15) is 4.79 Å². The number of benzene rings is 3. The molecule has 0 unspecified atom stereocenters. The van der Waals surface area contributed by atoms with Gasteiger partial charge < -0.3 is 13.9 Å². The van der Waals surface area contributed by atoms with Crippen molar-refractivity contribution in [3.63, 3.8) is 0 Å². The molecule has 3 aromatic carbocycles. The molecular weight excluding hydrogens is 555 g/mol. The van der Waals surface area contributed by atoms with Gasteiger partial charge in [0.1, 0.15) is 31.4 Å². The Morgan fingerprint density at radius 2 is 1.49 bits per heavy atom. The second kappa shape index (κ2) is 15.5. The minimum Gasteiger partial charge on any atom is -0.530 e. The molecule has 232 valence electrons. The third-order valence-electron chi connectivity index (χ3n) is 8.40. The molecule has 0 aliphatic heterocycles. The smallest absolute Gasteiger partial charge is 0.384 e. The van der Waals surface area contributed by atoms with Gasteiger partial charge in [0, 0.05) is 35.7 Å². The molecule has 0 saturated carbocycles. The van der Waals surface area contributed by atoms with Crippen LogP contribution in [0.25, 0.3) is 11.1 Å². The van der Waals surface area contributed by atoms with Crippen molar-refractivity contribution < 1.29 is 23.1 Å². The first-order chi connectivity index (χ1) is 20.3. The van der Waals surface area contributed by atoms with E-state index in [1.165, 1.54) is 11.1 Å². The summed E-state index contributed by atoms with van der Waals surface area (Å²) in [5.74, 6) is 0.121. The minimum absolute atomic E-state index is 0.174. The number of esters is 1. The standard InChI is InChI=1S/C37H49FO4Si/c1-9-31-25-29(11-10-22-42-43(7,8)37(4,5)6)16-20-33(31)34-21-17-30(26-35(34)38)13-12-28-14-18-32(19-15-28)40-23-24-41-36(39)27(2)3/h14-21,25-26H,2,9-13,22-24H2,1,3-8H3/p+1. The van der Waals surface area contributed by atoms with Crippen LogP contribution in [0.4, 0.5) is 4.39 Å². The molecule has 0 bridgehead atoms. The molecule has 0 aliphatic rings. The van der Waals surface area contributed by atoms with Crippen molar-refractivity contribution in [1.29, 1.82) is 0 Å². The third-order valence-corrected chi connectivity index (χ3v) is 13.1. The van der Waals surface area contributed by atoms with E-state index in [4.69, 9.17) is 13.9 Å². The molecule has 3 aromatic rings. The number of carbonyl (C=O) groups excluding carboxylic acids is 1. The number of aryl methyl sites for hydroxylation is 4. The van der Waals surface area contributed by atoms with E-state index in [2.05, 4.69) is 65.6 Å². The molecule has 0 aromatic heterocycles. The Morgan fingerprint density at radius 3 is 2.09 bits per heavy atom. The van der Waals surface area contributed by atoms with Crippen molar-refractivity contribution in [2.75, 3.05) is 19.8 Å². The zero-order valence-electron chi connectivity index (χ0n) is 27.2. The van der Waals surface area contributed by atoms with Gasteiger partial charge in [0.25, 0.3) is 0 Å². The van der Waals surface area contributed by atoms with E-state index in [0.29, 0.717) is 16.9 Å². The molecular formula is C37H50FO4Si+. The van der Waals surface area contributed by atoms with Gasteiger partial charge in [-0.25, -0.2) is 9.18 Å². The van der Waals surface area contributed by atoms with E-state index in [1.54, 1.807) is 13.0 Å². The first-order valence-electron chi connectivity index (χ1n) is 15.4. The predicted octanol–water partition coefficient (Wildman–Crippen LogP) is 8.80. The Kier molecular flexibility index (Phi) is 12.3. The van der Waals surface area contributed by atoms with Gasteiger partial charge in [0.2, 0.25) is 0 Å². The van der Waals surface area contributed by atoms with Crippen LogP contribution < -0.4 is 4.74 Å². The predicted molar refractivity (Wildman–Crippen MR) is 179 cm³/mol. The second-order valence-electron chi connectivity index (χ2n) is 12.9. The van der Waals surface area contributed by atoms with Crippen molar-refractivity contribution in [3.05, 3.63) is 101 Å². The van der Waals surface area contributed by atoms with Gasteiger partial charge in [-0.05, 0) is 78.6 Å². The zero-order chi connectivity index (χ0) is 31.6. The molecule has 0 heterocycles. The second-order valence-corrected chi connectivity index (χ2v) is 17.8. The van der Waals surface area contributed by atoms with E-state index in [-0.39, 0.29) is 24.1 Å². The molecule has 0 radical (unpaired) electrons. The summed E-state index contributed by atoms with van der Waals surface area (Å²) in [4.78, 5) is 11.4. The van der Waals surface area contributed by atoms with Gasteiger partial charge in [-0.3, -0.25) is 0 Å². The van der Waals surface area contributed by atoms with Crippen molar-refractivity contribution in [2.24, 2.45) is 0 Å². The number of carbonyl (C=O) groups is 1. The van der Waals surface area contributed by atoms with Gasteiger partial charge >= 0.3 is 14.3 Å². The van der Waals surface area contributed by atoms with Crippen LogP contribution in [0.15, 0.2) is 72.8 Å². The van der Waals surface area contributed by atoms with Gasteiger partial charge in [0.15, 0.2) is 0 Å². The SMILES string of the molecule is C=C(C)C(=O)OCCOc1ccc(CCc2ccc(-c3ccc(CCC[OH+][Si](C)(C)C(C)(C)C)cc3CC)c(F)c2)cc1. The molecule has 0 spiro atoms. The number of halogens is 1. The molecule has 3 rings (SSSR count). The summed E-state index contributed by atoms with van der Waals surface area (Å²) in [6.07, 6.45) is 4.43. The molecule has 0 atom stereocenters. The van der Waals surface area contributed by atoms with E-state index in [1.807, 2.05) is 36.4 Å². The zero-order valence-corrected chi connectivity index (χ0v) is 28.2. The normalized spacial score (nSPS) is 11.8. The van der Waals surface area contributed by atoms with Crippen LogP contribution in [0, 0.1) is 5.82 Å². The maximum Gasteiger partial charge on any atom is 0.384 e. The molecule has 0 saturated heterocycles. The molecule has 43 heavy (non-hydrogen) atoms. The van der Waals surface area contributed by atoms with Crippen LogP contribution in [0.3, 0.4) is 0 Å². The Bertz CT molecular complexity index is 1370. The monoisotopic (exact) mass is 605 g/mol. The fraction of sp³-hybridized carbons (Fsp3) is 0.432. The molecule has 0 amide bonds. The topological polar surface area (TPSA) is 48.3 Å². The highest BCUT2D eigenvalue weighted by Crippen LogP contribution is 2.35. The highest BCUT2D eigenvalue weighted by Gasteiger charge is 2.45. The Labute approximate surface area is 259 Å². The maximum atomic E-state index is 15.4. The minimum atomic E-state index is -1.60. The Balaban J connectivity index is 1.53. The molecule has 0 fully saturated rings. The fourth-order valence-electron chi connectivity index (χ4n) is 4.63. The van der Waals surface area contributed by atoms with Gasteiger partial charge in [-0.15, -0.1) is 0 Å². The average molecular weight is 606 g/mol. The van der Waals surface area contributed by atoms with E-state index >= 15 is 4.39 Å². The maximum absolute atomic E-state index is 15.4. The highest BCUT2D eigenvalue weighted by atomic mass is 28.4. The lowest BCUT2D eigenvalue weighted by Crippen LogP contribution is -2.44. The van der Waals surface area contributed by atoms with Crippen LogP contribution in [0.5, 0.6) is 5.75 Å². The lowest BCUT2D eigenvalue weighted by molar-refractivity contribution is -0.139. The Morgan fingerprint density at radius 1 is 0.884 bits per heavy atom. The summed E-state index contributed by atoms with van der Waals surface area (Å²) in [5.41, 5.74) is 6.61. The van der Waals surface area contributed by atoms with Crippen molar-refractivity contribution in [2.45, 2.75) is 84.9 Å². The largest absolute Gasteiger partial charge is 0.530 e. The third kappa shape index (κ3) is 10.2. The quantitative estimate of drug-likeness (QED) is 0.0572. The first kappa shape index (κ1) is 34.3. The molecule has 4 nitrogen and oxygen atoms in total. The highest BCUT2D eigenvalue weighted by molar-refractivity contribution is 6.73. The average Bonchev–Trinajstić information content (AvgIpc) is 2.96. The molecule has 6 heteroatoms. The first-order valence-corrected chi connectivity index (χ1v) is 18.4. The lowest BCUT2D eigenvalue weighted by Gasteiger charge is -2.30. The molecule has 0 aliphatic carbocycles. The van der Waals surface area contributed by atoms with Crippen LogP contribution in [-0.2, 0) is 35.2 Å². The van der Waals surface area contributed by atoms with E-state index in [0.717, 1.165) is 55.4 Å². The van der Waals surface area contributed by atoms with Gasteiger partial charge in [-0.1, -0.05) is 76.7 Å². The number of hydrogen-bond acceptors (Lipinski definition) is 3. The number of ether oxygens (including phenoxy) is 2. The fourth-order valence-corrected chi connectivity index (χ4v) is 5.82. The summed E-state index contributed by atoms with van der Waals surface area (Å²) >= 11 is 0. The van der Waals surface area contributed by atoms with Crippen LogP contribution in [0.2, 0.25) is 18.1 Å². The summed E-state index contributed by atoms with van der Waals surface area (Å²) in [5, 5.41) is 0.274. The summed E-state index contributed by atoms with van der Waals surface area (Å²) in [6, 6.07) is 19.9. The van der Waals surface area contributed by atoms with Crippen LogP contribution >= 0.6 is 0 Å². The number of aliphatic hydroxyl groups is 1. The number of rotatable bonds is 15.